The fourth-order valence-electron chi connectivity index (χ4n) is 2.34. The predicted molar refractivity (Wildman–Crippen MR) is 76.6 cm³/mol. The number of piperidine rings is 1. The molecule has 110 valence electrons. The van der Waals surface area contributed by atoms with E-state index in [0.717, 1.165) is 25.8 Å². The Balaban J connectivity index is 2.01. The minimum atomic E-state index is -0.802. The molecular formula is C14H22N4O2. The molecule has 0 radical (unpaired) electrons. The van der Waals surface area contributed by atoms with Gasteiger partial charge in [0.15, 0.2) is 0 Å². The SMILES string of the molecule is CCCNc1cnc(C(=O)N2CCCC(C)(O)C2)cn1. The highest BCUT2D eigenvalue weighted by molar-refractivity contribution is 5.92. The van der Waals surface area contributed by atoms with Crippen molar-refractivity contribution in [1.29, 1.82) is 0 Å². The van der Waals surface area contributed by atoms with Gasteiger partial charge in [0.25, 0.3) is 5.91 Å². The van der Waals surface area contributed by atoms with Crippen LogP contribution >= 0.6 is 0 Å². The Morgan fingerprint density at radius 2 is 2.30 bits per heavy atom. The normalized spacial score (nSPS) is 22.6. The lowest BCUT2D eigenvalue weighted by Crippen LogP contribution is -2.48. The van der Waals surface area contributed by atoms with Crippen LogP contribution in [0.3, 0.4) is 0 Å². The highest BCUT2D eigenvalue weighted by Gasteiger charge is 2.31. The van der Waals surface area contributed by atoms with Crippen molar-refractivity contribution in [1.82, 2.24) is 14.9 Å². The monoisotopic (exact) mass is 278 g/mol. The summed E-state index contributed by atoms with van der Waals surface area (Å²) in [5, 5.41) is 13.2. The summed E-state index contributed by atoms with van der Waals surface area (Å²) in [5.74, 6) is 0.508. The lowest BCUT2D eigenvalue weighted by Gasteiger charge is -2.36. The number of aromatic nitrogens is 2. The van der Waals surface area contributed by atoms with E-state index in [1.807, 2.05) is 0 Å². The van der Waals surface area contributed by atoms with Crippen LogP contribution in [0.2, 0.25) is 0 Å². The Morgan fingerprint density at radius 3 is 2.90 bits per heavy atom. The van der Waals surface area contributed by atoms with Crippen LogP contribution in [0.4, 0.5) is 5.82 Å². The maximum Gasteiger partial charge on any atom is 0.274 e. The largest absolute Gasteiger partial charge is 0.388 e. The van der Waals surface area contributed by atoms with Gasteiger partial charge < -0.3 is 15.3 Å². The first kappa shape index (κ1) is 14.7. The molecule has 1 aromatic heterocycles. The van der Waals surface area contributed by atoms with Crippen LogP contribution < -0.4 is 5.32 Å². The summed E-state index contributed by atoms with van der Waals surface area (Å²) in [5.41, 5.74) is -0.478. The molecule has 1 fully saturated rings. The molecule has 0 bridgehead atoms. The van der Waals surface area contributed by atoms with Crippen LogP contribution in [0.1, 0.15) is 43.6 Å². The first-order valence-electron chi connectivity index (χ1n) is 7.09. The number of nitrogens with one attached hydrogen (secondary N) is 1. The van der Waals surface area contributed by atoms with Crippen LogP contribution in [0.25, 0.3) is 0 Å². The van der Waals surface area contributed by atoms with Gasteiger partial charge in [0.2, 0.25) is 0 Å². The molecule has 2 N–H and O–H groups in total. The van der Waals surface area contributed by atoms with E-state index < -0.39 is 5.60 Å². The fourth-order valence-corrected chi connectivity index (χ4v) is 2.34. The molecule has 2 heterocycles. The average Bonchev–Trinajstić information content (AvgIpc) is 2.44. The standard InChI is InChI=1S/C14H22N4O2/c1-3-6-15-12-9-16-11(8-17-12)13(19)18-7-4-5-14(2,20)10-18/h8-9,20H,3-7,10H2,1-2H3,(H,15,17). The van der Waals surface area contributed by atoms with E-state index >= 15 is 0 Å². The van der Waals surface area contributed by atoms with Gasteiger partial charge in [-0.05, 0) is 26.2 Å². The molecule has 1 aliphatic heterocycles. The molecule has 1 aromatic rings. The second kappa shape index (κ2) is 6.17. The summed E-state index contributed by atoms with van der Waals surface area (Å²) >= 11 is 0. The molecule has 1 aliphatic rings. The predicted octanol–water partition coefficient (Wildman–Crippen LogP) is 1.29. The molecule has 0 spiro atoms. The van der Waals surface area contributed by atoms with Gasteiger partial charge in [-0.2, -0.15) is 0 Å². The van der Waals surface area contributed by atoms with Crippen LogP contribution in [0.15, 0.2) is 12.4 Å². The first-order valence-corrected chi connectivity index (χ1v) is 7.09. The van der Waals surface area contributed by atoms with Crippen LogP contribution in [0.5, 0.6) is 0 Å². The molecule has 6 heteroatoms. The maximum atomic E-state index is 12.3. The number of carbonyl (C=O) groups is 1. The summed E-state index contributed by atoms with van der Waals surface area (Å²) in [6, 6.07) is 0. The fraction of sp³-hybridized carbons (Fsp3) is 0.643. The van der Waals surface area contributed by atoms with Crippen molar-refractivity contribution < 1.29 is 9.90 Å². The van der Waals surface area contributed by atoms with Crippen molar-refractivity contribution in [3.8, 4) is 0 Å². The highest BCUT2D eigenvalue weighted by atomic mass is 16.3. The molecule has 1 atom stereocenters. The lowest BCUT2D eigenvalue weighted by molar-refractivity contribution is -0.0109. The smallest absolute Gasteiger partial charge is 0.274 e. The molecule has 0 saturated carbocycles. The summed E-state index contributed by atoms with van der Waals surface area (Å²) in [6.45, 7) is 5.67. The van der Waals surface area contributed by atoms with Gasteiger partial charge in [-0.3, -0.25) is 4.79 Å². The number of likely N-dealkylation sites (tertiary alicyclic amines) is 1. The number of hydrogen-bond acceptors (Lipinski definition) is 5. The number of anilines is 1. The van der Waals surface area contributed by atoms with Gasteiger partial charge in [0.1, 0.15) is 11.5 Å². The van der Waals surface area contributed by atoms with E-state index in [2.05, 4.69) is 22.2 Å². The third kappa shape index (κ3) is 3.66. The van der Waals surface area contributed by atoms with Crippen LogP contribution in [-0.2, 0) is 0 Å². The van der Waals surface area contributed by atoms with Crippen molar-refractivity contribution in [2.24, 2.45) is 0 Å². The van der Waals surface area contributed by atoms with E-state index in [9.17, 15) is 9.90 Å². The lowest BCUT2D eigenvalue weighted by atomic mass is 9.95. The number of aliphatic hydroxyl groups is 1. The molecule has 1 saturated heterocycles. The minimum Gasteiger partial charge on any atom is -0.388 e. The summed E-state index contributed by atoms with van der Waals surface area (Å²) in [7, 11) is 0. The van der Waals surface area contributed by atoms with E-state index in [-0.39, 0.29) is 5.91 Å². The molecule has 1 unspecified atom stereocenters. The molecule has 2 rings (SSSR count). The quantitative estimate of drug-likeness (QED) is 0.867. The van der Waals surface area contributed by atoms with Crippen LogP contribution in [-0.4, -0.2) is 51.1 Å². The number of rotatable bonds is 4. The summed E-state index contributed by atoms with van der Waals surface area (Å²) in [4.78, 5) is 22.3. The van der Waals surface area contributed by atoms with E-state index in [1.165, 1.54) is 6.20 Å². The van der Waals surface area contributed by atoms with Crippen LogP contribution in [0, 0.1) is 0 Å². The minimum absolute atomic E-state index is 0.167. The van der Waals surface area contributed by atoms with Crippen molar-refractivity contribution >= 4 is 11.7 Å². The Morgan fingerprint density at radius 1 is 1.50 bits per heavy atom. The number of hydrogen-bond donors (Lipinski definition) is 2. The van der Waals surface area contributed by atoms with Gasteiger partial charge >= 0.3 is 0 Å². The van der Waals surface area contributed by atoms with Gasteiger partial charge in [-0.25, -0.2) is 9.97 Å². The Hall–Kier alpha value is -1.69. The number of carbonyl (C=O) groups excluding carboxylic acids is 1. The number of β-amino-alcohol motifs (C(OH)–C–C–N with tert-alkyl or cyclic N) is 1. The van der Waals surface area contributed by atoms with Gasteiger partial charge in [-0.1, -0.05) is 6.92 Å². The molecular weight excluding hydrogens is 256 g/mol. The third-order valence-corrected chi connectivity index (χ3v) is 3.39. The Bertz CT molecular complexity index is 459. The number of nitrogens with zero attached hydrogens (tertiary/aromatic N) is 3. The average molecular weight is 278 g/mol. The van der Waals surface area contributed by atoms with Gasteiger partial charge in [0, 0.05) is 19.6 Å². The highest BCUT2D eigenvalue weighted by Crippen LogP contribution is 2.21. The van der Waals surface area contributed by atoms with E-state index in [4.69, 9.17) is 0 Å². The van der Waals surface area contributed by atoms with E-state index in [0.29, 0.717) is 24.6 Å². The molecule has 0 aromatic carbocycles. The second-order valence-electron chi connectivity index (χ2n) is 5.54. The Kier molecular flexibility index (Phi) is 4.54. The third-order valence-electron chi connectivity index (χ3n) is 3.39. The zero-order valence-corrected chi connectivity index (χ0v) is 12.1. The zero-order valence-electron chi connectivity index (χ0n) is 12.1. The zero-order chi connectivity index (χ0) is 14.6. The molecule has 6 nitrogen and oxygen atoms in total. The molecule has 20 heavy (non-hydrogen) atoms. The molecule has 0 aliphatic carbocycles. The van der Waals surface area contributed by atoms with Crippen molar-refractivity contribution in [2.75, 3.05) is 25.0 Å². The number of amides is 1. The van der Waals surface area contributed by atoms with Gasteiger partial charge in [-0.15, -0.1) is 0 Å². The van der Waals surface area contributed by atoms with E-state index in [1.54, 1.807) is 18.0 Å². The maximum absolute atomic E-state index is 12.3. The summed E-state index contributed by atoms with van der Waals surface area (Å²) < 4.78 is 0. The topological polar surface area (TPSA) is 78.4 Å². The van der Waals surface area contributed by atoms with Crippen molar-refractivity contribution in [3.63, 3.8) is 0 Å². The summed E-state index contributed by atoms with van der Waals surface area (Å²) in [6.07, 6.45) is 5.60. The van der Waals surface area contributed by atoms with Gasteiger partial charge in [0.05, 0.1) is 18.0 Å². The van der Waals surface area contributed by atoms with Crippen molar-refractivity contribution in [2.45, 2.75) is 38.7 Å². The first-order chi connectivity index (χ1) is 9.52. The second-order valence-corrected chi connectivity index (χ2v) is 5.54. The Labute approximate surface area is 119 Å². The van der Waals surface area contributed by atoms with Crippen molar-refractivity contribution in [3.05, 3.63) is 18.1 Å². The molecule has 1 amide bonds.